The predicted octanol–water partition coefficient (Wildman–Crippen LogP) is 5.94. The van der Waals surface area contributed by atoms with Gasteiger partial charge in [-0.25, -0.2) is 9.37 Å². The molecule has 0 aliphatic carbocycles. The largest absolute Gasteiger partial charge is 0.439 e. The highest BCUT2D eigenvalue weighted by Crippen LogP contribution is 2.23. The number of carbonyl (C=O) groups excluding carboxylic acids is 1. The third-order valence-corrected chi connectivity index (χ3v) is 4.70. The Hall–Kier alpha value is -4.06. The Kier molecular flexibility index (Phi) is 5.71. The maximum Gasteiger partial charge on any atom is 0.255 e. The Bertz CT molecular complexity index is 1220. The minimum Gasteiger partial charge on any atom is -0.439 e. The summed E-state index contributed by atoms with van der Waals surface area (Å²) >= 11 is 0. The van der Waals surface area contributed by atoms with Gasteiger partial charge >= 0.3 is 0 Å². The summed E-state index contributed by atoms with van der Waals surface area (Å²) in [6, 6.07) is 20.2. The van der Waals surface area contributed by atoms with Gasteiger partial charge in [-0.05, 0) is 74.0 Å². The molecule has 1 aromatic heterocycles. The minimum absolute atomic E-state index is 0.195. The normalized spacial score (nSPS) is 10.5. The molecule has 1 heterocycles. The molecule has 0 spiro atoms. The number of aryl methyl sites for hydroxylation is 2. The molecule has 3 aromatic carbocycles. The van der Waals surface area contributed by atoms with Crippen molar-refractivity contribution in [2.45, 2.75) is 13.8 Å². The van der Waals surface area contributed by atoms with Gasteiger partial charge in [0.15, 0.2) is 5.82 Å². The monoisotopic (exact) mass is 413 g/mol. The molecule has 6 heteroatoms. The van der Waals surface area contributed by atoms with Crippen LogP contribution in [-0.4, -0.2) is 15.9 Å². The second kappa shape index (κ2) is 8.75. The van der Waals surface area contributed by atoms with Gasteiger partial charge in [0.2, 0.25) is 5.88 Å². The highest BCUT2D eigenvalue weighted by molar-refractivity contribution is 6.04. The smallest absolute Gasteiger partial charge is 0.255 e. The summed E-state index contributed by atoms with van der Waals surface area (Å²) in [5.74, 6) is 0.799. The average Bonchev–Trinajstić information content (AvgIpc) is 2.77. The van der Waals surface area contributed by atoms with Crippen molar-refractivity contribution in [2.75, 3.05) is 5.32 Å². The van der Waals surface area contributed by atoms with Gasteiger partial charge in [0, 0.05) is 29.1 Å². The van der Waals surface area contributed by atoms with E-state index in [1.807, 2.05) is 32.0 Å². The first-order valence-electron chi connectivity index (χ1n) is 9.73. The SMILES string of the molecule is Cc1ccc(NC(=O)c2ccc(Oc3ccnc(-c4ccc(F)cc4)n3)cc2)c(C)c1. The molecule has 0 saturated heterocycles. The average molecular weight is 413 g/mol. The predicted molar refractivity (Wildman–Crippen MR) is 118 cm³/mol. The number of amides is 1. The van der Waals surface area contributed by atoms with E-state index >= 15 is 0 Å². The van der Waals surface area contributed by atoms with Gasteiger partial charge in [-0.1, -0.05) is 17.7 Å². The van der Waals surface area contributed by atoms with E-state index < -0.39 is 0 Å². The molecule has 0 unspecified atom stereocenters. The Morgan fingerprint density at radius 2 is 1.68 bits per heavy atom. The maximum absolute atomic E-state index is 13.1. The molecule has 4 rings (SSSR count). The molecule has 5 nitrogen and oxygen atoms in total. The molecule has 0 radical (unpaired) electrons. The van der Waals surface area contributed by atoms with Crippen molar-refractivity contribution in [1.29, 1.82) is 0 Å². The van der Waals surface area contributed by atoms with E-state index in [2.05, 4.69) is 15.3 Å². The van der Waals surface area contributed by atoms with E-state index in [0.717, 1.165) is 16.8 Å². The molecular formula is C25H20FN3O2. The van der Waals surface area contributed by atoms with Gasteiger partial charge in [0.1, 0.15) is 11.6 Å². The van der Waals surface area contributed by atoms with Crippen molar-refractivity contribution >= 4 is 11.6 Å². The second-order valence-electron chi connectivity index (χ2n) is 7.12. The number of hydrogen-bond acceptors (Lipinski definition) is 4. The quantitative estimate of drug-likeness (QED) is 0.439. The van der Waals surface area contributed by atoms with Crippen LogP contribution in [0.4, 0.5) is 10.1 Å². The number of hydrogen-bond donors (Lipinski definition) is 1. The summed E-state index contributed by atoms with van der Waals surface area (Å²) in [4.78, 5) is 21.1. The number of nitrogens with one attached hydrogen (secondary N) is 1. The van der Waals surface area contributed by atoms with Crippen molar-refractivity contribution in [2.24, 2.45) is 0 Å². The molecule has 0 aliphatic rings. The number of nitrogens with zero attached hydrogens (tertiary/aromatic N) is 2. The molecule has 0 aliphatic heterocycles. The molecule has 154 valence electrons. The molecule has 1 N–H and O–H groups in total. The van der Waals surface area contributed by atoms with Crippen LogP contribution < -0.4 is 10.1 Å². The number of carbonyl (C=O) groups is 1. The maximum atomic E-state index is 13.1. The van der Waals surface area contributed by atoms with E-state index in [-0.39, 0.29) is 11.7 Å². The molecule has 0 fully saturated rings. The van der Waals surface area contributed by atoms with Gasteiger partial charge in [-0.15, -0.1) is 0 Å². The van der Waals surface area contributed by atoms with Crippen LogP contribution in [0.15, 0.2) is 79.0 Å². The molecule has 4 aromatic rings. The molecule has 1 amide bonds. The molecule has 31 heavy (non-hydrogen) atoms. The van der Waals surface area contributed by atoms with Crippen LogP contribution >= 0.6 is 0 Å². The third kappa shape index (κ3) is 4.93. The highest BCUT2D eigenvalue weighted by atomic mass is 19.1. The summed E-state index contributed by atoms with van der Waals surface area (Å²) in [5, 5.41) is 2.93. The van der Waals surface area contributed by atoms with Crippen molar-refractivity contribution in [1.82, 2.24) is 9.97 Å². The molecule has 0 saturated carbocycles. The van der Waals surface area contributed by atoms with Crippen LogP contribution in [0.5, 0.6) is 11.6 Å². The zero-order valence-corrected chi connectivity index (χ0v) is 17.1. The lowest BCUT2D eigenvalue weighted by Gasteiger charge is -2.10. The Labute approximate surface area is 179 Å². The highest BCUT2D eigenvalue weighted by Gasteiger charge is 2.09. The van der Waals surface area contributed by atoms with Crippen LogP contribution in [0, 0.1) is 19.7 Å². The van der Waals surface area contributed by atoms with Crippen molar-refractivity contribution in [3.8, 4) is 23.0 Å². The van der Waals surface area contributed by atoms with E-state index in [0.29, 0.717) is 28.6 Å². The fraction of sp³-hybridized carbons (Fsp3) is 0.0800. The van der Waals surface area contributed by atoms with Gasteiger partial charge in [-0.2, -0.15) is 4.98 Å². The Morgan fingerprint density at radius 1 is 0.935 bits per heavy atom. The molecule has 0 bridgehead atoms. The summed E-state index contributed by atoms with van der Waals surface area (Å²) in [5.41, 5.74) is 4.14. The van der Waals surface area contributed by atoms with Crippen LogP contribution in [0.1, 0.15) is 21.5 Å². The number of benzene rings is 3. The molecular weight excluding hydrogens is 393 g/mol. The fourth-order valence-electron chi connectivity index (χ4n) is 3.08. The fourth-order valence-corrected chi connectivity index (χ4v) is 3.08. The van der Waals surface area contributed by atoms with Crippen LogP contribution in [0.3, 0.4) is 0 Å². The lowest BCUT2D eigenvalue weighted by atomic mass is 10.1. The number of halogens is 1. The van der Waals surface area contributed by atoms with E-state index in [1.165, 1.54) is 12.1 Å². The number of anilines is 1. The van der Waals surface area contributed by atoms with E-state index in [4.69, 9.17) is 4.74 Å². The topological polar surface area (TPSA) is 64.1 Å². The van der Waals surface area contributed by atoms with Crippen LogP contribution in [0.25, 0.3) is 11.4 Å². The number of rotatable bonds is 5. The Balaban J connectivity index is 1.45. The summed E-state index contributed by atoms with van der Waals surface area (Å²) in [7, 11) is 0. The second-order valence-corrected chi connectivity index (χ2v) is 7.12. The van der Waals surface area contributed by atoms with E-state index in [9.17, 15) is 9.18 Å². The zero-order chi connectivity index (χ0) is 21.8. The van der Waals surface area contributed by atoms with Crippen LogP contribution in [-0.2, 0) is 0 Å². The lowest BCUT2D eigenvalue weighted by molar-refractivity contribution is 0.102. The zero-order valence-electron chi connectivity index (χ0n) is 17.1. The first-order chi connectivity index (χ1) is 15.0. The van der Waals surface area contributed by atoms with Crippen molar-refractivity contribution in [3.05, 3.63) is 102 Å². The summed E-state index contributed by atoms with van der Waals surface area (Å²) < 4.78 is 18.9. The van der Waals surface area contributed by atoms with Gasteiger partial charge < -0.3 is 10.1 Å². The summed E-state index contributed by atoms with van der Waals surface area (Å²) in [6.07, 6.45) is 1.58. The Morgan fingerprint density at radius 3 is 2.39 bits per heavy atom. The third-order valence-electron chi connectivity index (χ3n) is 4.70. The standard InChI is InChI=1S/C25H20FN3O2/c1-16-3-12-22(17(2)15-16)28-25(30)19-6-10-21(11-7-19)31-23-13-14-27-24(29-23)18-4-8-20(26)9-5-18/h3-15H,1-2H3,(H,28,30). The first-order valence-corrected chi connectivity index (χ1v) is 9.73. The van der Waals surface area contributed by atoms with Crippen LogP contribution in [0.2, 0.25) is 0 Å². The first kappa shape index (κ1) is 20.2. The lowest BCUT2D eigenvalue weighted by Crippen LogP contribution is -2.12. The van der Waals surface area contributed by atoms with Gasteiger partial charge in [0.25, 0.3) is 5.91 Å². The van der Waals surface area contributed by atoms with Gasteiger partial charge in [0.05, 0.1) is 0 Å². The minimum atomic E-state index is -0.321. The van der Waals surface area contributed by atoms with Gasteiger partial charge in [-0.3, -0.25) is 4.79 Å². The van der Waals surface area contributed by atoms with Crippen molar-refractivity contribution in [3.63, 3.8) is 0 Å². The number of aromatic nitrogens is 2. The van der Waals surface area contributed by atoms with E-state index in [1.54, 1.807) is 48.7 Å². The number of ether oxygens (including phenoxy) is 1. The van der Waals surface area contributed by atoms with Crippen molar-refractivity contribution < 1.29 is 13.9 Å². The molecule has 0 atom stereocenters. The summed E-state index contributed by atoms with van der Waals surface area (Å²) in [6.45, 7) is 3.97.